The van der Waals surface area contributed by atoms with Crippen LogP contribution < -0.4 is 4.74 Å². The first-order valence-electron chi connectivity index (χ1n) is 5.39. The number of halogens is 2. The van der Waals surface area contributed by atoms with Crippen LogP contribution in [0.4, 0.5) is 4.39 Å². The third kappa shape index (κ3) is 5.47. The van der Waals surface area contributed by atoms with E-state index in [-0.39, 0.29) is 5.82 Å². The third-order valence-electron chi connectivity index (χ3n) is 1.97. The molecule has 1 aromatic rings. The summed E-state index contributed by atoms with van der Waals surface area (Å²) >= 11 is 3.20. The maximum absolute atomic E-state index is 13.0. The third-order valence-corrected chi connectivity index (χ3v) is 2.43. The van der Waals surface area contributed by atoms with E-state index in [0.29, 0.717) is 23.4 Å². The van der Waals surface area contributed by atoms with Crippen molar-refractivity contribution >= 4 is 15.9 Å². The van der Waals surface area contributed by atoms with E-state index < -0.39 is 0 Å². The summed E-state index contributed by atoms with van der Waals surface area (Å²) in [5.41, 5.74) is 0. The number of rotatable bonds is 7. The molecule has 0 aliphatic rings. The van der Waals surface area contributed by atoms with E-state index in [1.165, 1.54) is 12.1 Å². The molecule has 0 amide bonds. The summed E-state index contributed by atoms with van der Waals surface area (Å²) in [4.78, 5) is 0. The zero-order valence-electron chi connectivity index (χ0n) is 9.34. The summed E-state index contributed by atoms with van der Waals surface area (Å²) in [5.74, 6) is 0.210. The first-order valence-corrected chi connectivity index (χ1v) is 6.18. The zero-order valence-corrected chi connectivity index (χ0v) is 10.9. The summed E-state index contributed by atoms with van der Waals surface area (Å²) < 4.78 is 24.3. The molecule has 0 aliphatic heterocycles. The Bertz CT molecular complexity index is 298. The lowest BCUT2D eigenvalue weighted by molar-refractivity contribution is 0.0979. The van der Waals surface area contributed by atoms with Gasteiger partial charge >= 0.3 is 0 Å². The van der Waals surface area contributed by atoms with Gasteiger partial charge in [0.05, 0.1) is 6.61 Å². The number of hydrogen-bond acceptors (Lipinski definition) is 2. The Labute approximate surface area is 104 Å². The molecule has 1 rings (SSSR count). The van der Waals surface area contributed by atoms with Gasteiger partial charge in [-0.25, -0.2) is 4.39 Å². The van der Waals surface area contributed by atoms with Crippen LogP contribution in [0.25, 0.3) is 0 Å². The van der Waals surface area contributed by atoms with Crippen molar-refractivity contribution in [2.24, 2.45) is 0 Å². The quantitative estimate of drug-likeness (QED) is 0.712. The molecule has 0 saturated heterocycles. The van der Waals surface area contributed by atoms with Crippen LogP contribution in [-0.4, -0.2) is 19.8 Å². The van der Waals surface area contributed by atoms with Crippen molar-refractivity contribution in [3.05, 3.63) is 28.5 Å². The molecule has 4 heteroatoms. The minimum Gasteiger partial charge on any atom is -0.491 e. The normalized spacial score (nSPS) is 10.4. The van der Waals surface area contributed by atoms with Crippen LogP contribution in [0.1, 0.15) is 19.8 Å². The lowest BCUT2D eigenvalue weighted by Gasteiger charge is -2.07. The second kappa shape index (κ2) is 7.63. The van der Waals surface area contributed by atoms with Gasteiger partial charge in [0.2, 0.25) is 0 Å². The van der Waals surface area contributed by atoms with Crippen LogP contribution in [0, 0.1) is 5.82 Å². The Hall–Kier alpha value is -0.610. The average Bonchev–Trinajstić information content (AvgIpc) is 2.22. The van der Waals surface area contributed by atoms with Crippen molar-refractivity contribution < 1.29 is 13.9 Å². The van der Waals surface area contributed by atoms with Crippen LogP contribution in [0.2, 0.25) is 0 Å². The van der Waals surface area contributed by atoms with Crippen LogP contribution in [0.15, 0.2) is 22.7 Å². The molecule has 1 aromatic carbocycles. The second-order valence-corrected chi connectivity index (χ2v) is 4.34. The summed E-state index contributed by atoms with van der Waals surface area (Å²) in [6.07, 6.45) is 2.18. The van der Waals surface area contributed by atoms with Crippen molar-refractivity contribution in [1.29, 1.82) is 0 Å². The van der Waals surface area contributed by atoms with Crippen molar-refractivity contribution in [2.45, 2.75) is 19.8 Å². The van der Waals surface area contributed by atoms with Gasteiger partial charge in [-0.2, -0.15) is 0 Å². The van der Waals surface area contributed by atoms with E-state index in [0.717, 1.165) is 19.4 Å². The van der Waals surface area contributed by atoms with Crippen LogP contribution >= 0.6 is 15.9 Å². The number of benzene rings is 1. The maximum Gasteiger partial charge on any atom is 0.128 e. The molecule has 0 heterocycles. The topological polar surface area (TPSA) is 18.5 Å². The summed E-state index contributed by atoms with van der Waals surface area (Å²) in [6, 6.07) is 4.48. The molecule has 0 aliphatic carbocycles. The van der Waals surface area contributed by atoms with Gasteiger partial charge in [-0.05, 0) is 18.6 Å². The summed E-state index contributed by atoms with van der Waals surface area (Å²) in [7, 11) is 0. The SMILES string of the molecule is CCCCOCCOc1cc(F)cc(Br)c1. The largest absolute Gasteiger partial charge is 0.491 e. The highest BCUT2D eigenvalue weighted by Gasteiger charge is 1.99. The second-order valence-electron chi connectivity index (χ2n) is 3.42. The smallest absolute Gasteiger partial charge is 0.128 e. The predicted molar refractivity (Wildman–Crippen MR) is 65.3 cm³/mol. The van der Waals surface area contributed by atoms with Crippen LogP contribution in [0.3, 0.4) is 0 Å². The first kappa shape index (κ1) is 13.5. The Balaban J connectivity index is 2.21. The van der Waals surface area contributed by atoms with E-state index in [1.807, 2.05) is 0 Å². The minimum atomic E-state index is -0.309. The van der Waals surface area contributed by atoms with Crippen molar-refractivity contribution in [2.75, 3.05) is 19.8 Å². The number of unbranched alkanes of at least 4 members (excludes halogenated alkanes) is 1. The Morgan fingerprint density at radius 2 is 2.00 bits per heavy atom. The van der Waals surface area contributed by atoms with Crippen molar-refractivity contribution in [3.8, 4) is 5.75 Å². The van der Waals surface area contributed by atoms with E-state index in [1.54, 1.807) is 6.07 Å². The summed E-state index contributed by atoms with van der Waals surface area (Å²) in [6.45, 7) is 3.85. The van der Waals surface area contributed by atoms with E-state index in [4.69, 9.17) is 9.47 Å². The molecule has 0 fully saturated rings. The van der Waals surface area contributed by atoms with Crippen LogP contribution in [-0.2, 0) is 4.74 Å². The Kier molecular flexibility index (Phi) is 6.42. The van der Waals surface area contributed by atoms with Crippen LogP contribution in [0.5, 0.6) is 5.75 Å². The lowest BCUT2D eigenvalue weighted by Crippen LogP contribution is -2.07. The molecule has 16 heavy (non-hydrogen) atoms. The van der Waals surface area contributed by atoms with E-state index in [2.05, 4.69) is 22.9 Å². The lowest BCUT2D eigenvalue weighted by atomic mass is 10.3. The van der Waals surface area contributed by atoms with Gasteiger partial charge < -0.3 is 9.47 Å². The fraction of sp³-hybridized carbons (Fsp3) is 0.500. The zero-order chi connectivity index (χ0) is 11.8. The molecule has 0 radical (unpaired) electrons. The predicted octanol–water partition coefficient (Wildman–Crippen LogP) is 3.78. The van der Waals surface area contributed by atoms with Crippen molar-refractivity contribution in [1.82, 2.24) is 0 Å². The van der Waals surface area contributed by atoms with Gasteiger partial charge in [0.1, 0.15) is 18.2 Å². The fourth-order valence-corrected chi connectivity index (χ4v) is 1.62. The molecular formula is C12H16BrFO2. The Morgan fingerprint density at radius 1 is 1.19 bits per heavy atom. The monoisotopic (exact) mass is 290 g/mol. The van der Waals surface area contributed by atoms with Gasteiger partial charge in [0.15, 0.2) is 0 Å². The average molecular weight is 291 g/mol. The van der Waals surface area contributed by atoms with Gasteiger partial charge in [0, 0.05) is 17.1 Å². The molecule has 0 aromatic heterocycles. The highest BCUT2D eigenvalue weighted by molar-refractivity contribution is 9.10. The minimum absolute atomic E-state index is 0.309. The Morgan fingerprint density at radius 3 is 2.69 bits per heavy atom. The van der Waals surface area contributed by atoms with Gasteiger partial charge in [-0.3, -0.25) is 0 Å². The van der Waals surface area contributed by atoms with Gasteiger partial charge in [-0.15, -0.1) is 0 Å². The highest BCUT2D eigenvalue weighted by Crippen LogP contribution is 2.20. The number of ether oxygens (including phenoxy) is 2. The van der Waals surface area contributed by atoms with E-state index in [9.17, 15) is 4.39 Å². The molecule has 90 valence electrons. The molecular weight excluding hydrogens is 275 g/mol. The fourth-order valence-electron chi connectivity index (χ4n) is 1.18. The molecule has 0 bridgehead atoms. The molecule has 0 atom stereocenters. The first-order chi connectivity index (χ1) is 7.72. The molecule has 0 N–H and O–H groups in total. The molecule has 0 saturated carbocycles. The highest BCUT2D eigenvalue weighted by atomic mass is 79.9. The van der Waals surface area contributed by atoms with Gasteiger partial charge in [0.25, 0.3) is 0 Å². The molecule has 0 spiro atoms. The van der Waals surface area contributed by atoms with Gasteiger partial charge in [-0.1, -0.05) is 29.3 Å². The van der Waals surface area contributed by atoms with Crippen molar-refractivity contribution in [3.63, 3.8) is 0 Å². The molecule has 0 unspecified atom stereocenters. The summed E-state index contributed by atoms with van der Waals surface area (Å²) in [5, 5.41) is 0. The molecule has 2 nitrogen and oxygen atoms in total. The standard InChI is InChI=1S/C12H16BrFO2/c1-2-3-4-15-5-6-16-12-8-10(13)7-11(14)9-12/h7-9H,2-6H2,1H3. The van der Waals surface area contributed by atoms with E-state index >= 15 is 0 Å². The number of hydrogen-bond donors (Lipinski definition) is 0. The maximum atomic E-state index is 13.0.